The van der Waals surface area contributed by atoms with Crippen LogP contribution in [0.25, 0.3) is 16.5 Å². The zero-order valence-electron chi connectivity index (χ0n) is 24.2. The number of nitrogens with zero attached hydrogens (tertiary/aromatic N) is 2. The van der Waals surface area contributed by atoms with Gasteiger partial charge < -0.3 is 10.6 Å². The van der Waals surface area contributed by atoms with Gasteiger partial charge >= 0.3 is 0 Å². The van der Waals surface area contributed by atoms with E-state index in [0.29, 0.717) is 40.1 Å². The SMILES string of the molecule is CCC(NC(=O)c1c(CN2CCN[C@@H](c3cccc(Cl)c3)C2)n(-c2ccccc2)c(=O)c2ccccc12)c1ccccc1. The third-order valence-electron chi connectivity index (χ3n) is 8.23. The summed E-state index contributed by atoms with van der Waals surface area (Å²) in [4.78, 5) is 30.9. The summed E-state index contributed by atoms with van der Waals surface area (Å²) in [7, 11) is 0. The normalized spacial score (nSPS) is 16.2. The molecule has 6 nitrogen and oxygen atoms in total. The molecular formula is C36H35ClN4O2. The molecule has 7 heteroatoms. The Kier molecular flexibility index (Phi) is 8.70. The molecule has 2 N–H and O–H groups in total. The van der Waals surface area contributed by atoms with Gasteiger partial charge in [-0.1, -0.05) is 97.4 Å². The Morgan fingerprint density at radius 3 is 2.35 bits per heavy atom. The van der Waals surface area contributed by atoms with Gasteiger partial charge in [0.25, 0.3) is 11.5 Å². The van der Waals surface area contributed by atoms with Crippen LogP contribution in [0.4, 0.5) is 0 Å². The van der Waals surface area contributed by atoms with Crippen LogP contribution in [0.3, 0.4) is 0 Å². The van der Waals surface area contributed by atoms with Crippen LogP contribution in [0.5, 0.6) is 0 Å². The van der Waals surface area contributed by atoms with Crippen molar-refractivity contribution in [3.05, 3.63) is 147 Å². The molecule has 1 aliphatic heterocycles. The Morgan fingerprint density at radius 2 is 1.63 bits per heavy atom. The maximum Gasteiger partial charge on any atom is 0.263 e. The molecule has 0 radical (unpaired) electrons. The molecule has 0 spiro atoms. The van der Waals surface area contributed by atoms with E-state index >= 15 is 0 Å². The Morgan fingerprint density at radius 1 is 0.930 bits per heavy atom. The molecule has 1 fully saturated rings. The molecule has 0 bridgehead atoms. The van der Waals surface area contributed by atoms with Crippen LogP contribution < -0.4 is 16.2 Å². The quantitative estimate of drug-likeness (QED) is 0.212. The van der Waals surface area contributed by atoms with Gasteiger partial charge in [0.1, 0.15) is 0 Å². The van der Waals surface area contributed by atoms with Crippen molar-refractivity contribution >= 4 is 28.3 Å². The number of para-hydroxylation sites is 1. The van der Waals surface area contributed by atoms with Crippen molar-refractivity contribution in [1.82, 2.24) is 20.1 Å². The molecule has 5 aromatic rings. The number of carbonyl (C=O) groups is 1. The molecule has 1 amide bonds. The number of halogens is 1. The van der Waals surface area contributed by atoms with Crippen molar-refractivity contribution in [2.24, 2.45) is 0 Å². The Hall–Kier alpha value is -4.23. The van der Waals surface area contributed by atoms with E-state index in [1.54, 1.807) is 4.57 Å². The van der Waals surface area contributed by atoms with Crippen molar-refractivity contribution < 1.29 is 4.79 Å². The zero-order chi connectivity index (χ0) is 29.8. The largest absolute Gasteiger partial charge is 0.345 e. The lowest BCUT2D eigenvalue weighted by molar-refractivity contribution is 0.0933. The number of hydrogen-bond donors (Lipinski definition) is 2. The van der Waals surface area contributed by atoms with E-state index < -0.39 is 0 Å². The highest BCUT2D eigenvalue weighted by atomic mass is 35.5. The number of piperazine rings is 1. The third kappa shape index (κ3) is 6.13. The van der Waals surface area contributed by atoms with Crippen LogP contribution in [0.2, 0.25) is 5.02 Å². The number of amides is 1. The number of carbonyl (C=O) groups excluding carboxylic acids is 1. The van der Waals surface area contributed by atoms with Gasteiger partial charge in [0.15, 0.2) is 0 Å². The van der Waals surface area contributed by atoms with E-state index in [0.717, 1.165) is 36.3 Å². The van der Waals surface area contributed by atoms with Crippen LogP contribution in [0, 0.1) is 0 Å². The molecule has 1 unspecified atom stereocenters. The minimum atomic E-state index is -0.187. The monoisotopic (exact) mass is 590 g/mol. The van der Waals surface area contributed by atoms with E-state index in [-0.39, 0.29) is 23.6 Å². The fourth-order valence-electron chi connectivity index (χ4n) is 6.10. The predicted molar refractivity (Wildman–Crippen MR) is 174 cm³/mol. The number of fused-ring (bicyclic) bond motifs is 1. The lowest BCUT2D eigenvalue weighted by Gasteiger charge is -2.35. The molecule has 43 heavy (non-hydrogen) atoms. The van der Waals surface area contributed by atoms with Crippen molar-refractivity contribution in [3.8, 4) is 5.69 Å². The number of nitrogens with one attached hydrogen (secondary N) is 2. The summed E-state index contributed by atoms with van der Waals surface area (Å²) in [6, 6.07) is 34.9. The van der Waals surface area contributed by atoms with Crippen molar-refractivity contribution in [3.63, 3.8) is 0 Å². The van der Waals surface area contributed by atoms with Crippen molar-refractivity contribution in [2.45, 2.75) is 32.0 Å². The zero-order valence-corrected chi connectivity index (χ0v) is 24.9. The summed E-state index contributed by atoms with van der Waals surface area (Å²) in [5.74, 6) is -0.187. The first kappa shape index (κ1) is 28.9. The highest BCUT2D eigenvalue weighted by Crippen LogP contribution is 2.28. The van der Waals surface area contributed by atoms with Crippen molar-refractivity contribution in [1.29, 1.82) is 0 Å². The third-order valence-corrected chi connectivity index (χ3v) is 8.46. The fraction of sp³-hybridized carbons (Fsp3) is 0.222. The summed E-state index contributed by atoms with van der Waals surface area (Å²) in [5.41, 5.74) is 3.98. The first-order valence-corrected chi connectivity index (χ1v) is 15.2. The number of hydrogen-bond acceptors (Lipinski definition) is 4. The second-order valence-corrected chi connectivity index (χ2v) is 11.4. The maximum absolute atomic E-state index is 14.4. The highest BCUT2D eigenvalue weighted by Gasteiger charge is 2.28. The predicted octanol–water partition coefficient (Wildman–Crippen LogP) is 6.67. The number of benzene rings is 4. The van der Waals surface area contributed by atoms with Gasteiger partial charge in [0, 0.05) is 53.7 Å². The summed E-state index contributed by atoms with van der Waals surface area (Å²) in [6.45, 7) is 4.75. The van der Waals surface area contributed by atoms with Crippen LogP contribution in [-0.2, 0) is 6.54 Å². The summed E-state index contributed by atoms with van der Waals surface area (Å²) in [5, 5.41) is 8.80. The average Bonchev–Trinajstić information content (AvgIpc) is 3.05. The smallest absolute Gasteiger partial charge is 0.263 e. The van der Waals surface area contributed by atoms with E-state index in [1.165, 1.54) is 0 Å². The lowest BCUT2D eigenvalue weighted by Crippen LogP contribution is -2.46. The molecule has 1 saturated heterocycles. The van der Waals surface area contributed by atoms with Gasteiger partial charge in [-0.15, -0.1) is 0 Å². The number of pyridine rings is 1. The molecule has 2 atom stereocenters. The average molecular weight is 591 g/mol. The maximum atomic E-state index is 14.4. The fourth-order valence-corrected chi connectivity index (χ4v) is 6.30. The minimum absolute atomic E-state index is 0.0737. The highest BCUT2D eigenvalue weighted by molar-refractivity contribution is 6.30. The molecule has 1 aromatic heterocycles. The second kappa shape index (κ2) is 13.0. The Labute approximate surface area is 256 Å². The molecule has 2 heterocycles. The van der Waals surface area contributed by atoms with E-state index in [9.17, 15) is 9.59 Å². The van der Waals surface area contributed by atoms with Crippen LogP contribution in [-0.4, -0.2) is 35.0 Å². The van der Waals surface area contributed by atoms with E-state index in [4.69, 9.17) is 11.6 Å². The summed E-state index contributed by atoms with van der Waals surface area (Å²) in [6.07, 6.45) is 0.737. The summed E-state index contributed by atoms with van der Waals surface area (Å²) < 4.78 is 1.73. The molecule has 218 valence electrons. The second-order valence-electron chi connectivity index (χ2n) is 11.0. The topological polar surface area (TPSA) is 66.4 Å². The lowest BCUT2D eigenvalue weighted by atomic mass is 9.99. The van der Waals surface area contributed by atoms with Gasteiger partial charge in [-0.2, -0.15) is 0 Å². The van der Waals surface area contributed by atoms with Crippen LogP contribution in [0.1, 0.15) is 52.6 Å². The standard InChI is InChI=1S/C36H35ClN4O2/c1-2-31(25-12-5-3-6-13-25)39-35(42)34-29-18-9-10-19-30(29)36(43)41(28-16-7-4-8-17-28)33(34)24-40-21-20-38-32(23-40)26-14-11-15-27(37)22-26/h3-19,22,31-32,38H,2,20-21,23-24H2,1H3,(H,39,42)/t31?,32-/m1/s1. The van der Waals surface area contributed by atoms with Gasteiger partial charge in [-0.3, -0.25) is 19.1 Å². The Bertz CT molecular complexity index is 1790. The van der Waals surface area contributed by atoms with E-state index in [1.807, 2.05) is 103 Å². The molecule has 0 aliphatic carbocycles. The molecule has 0 saturated carbocycles. The molecule has 4 aromatic carbocycles. The Balaban J connectivity index is 1.47. The van der Waals surface area contributed by atoms with Crippen molar-refractivity contribution in [2.75, 3.05) is 19.6 Å². The summed E-state index contributed by atoms with van der Waals surface area (Å²) >= 11 is 6.32. The number of rotatable bonds is 8. The molecule has 6 rings (SSSR count). The van der Waals surface area contributed by atoms with Gasteiger partial charge in [0.05, 0.1) is 17.3 Å². The van der Waals surface area contributed by atoms with E-state index in [2.05, 4.69) is 28.5 Å². The minimum Gasteiger partial charge on any atom is -0.345 e. The molecule has 1 aliphatic rings. The first-order chi connectivity index (χ1) is 21.0. The first-order valence-electron chi connectivity index (χ1n) is 14.8. The van der Waals surface area contributed by atoms with Crippen LogP contribution in [0.15, 0.2) is 114 Å². The van der Waals surface area contributed by atoms with Gasteiger partial charge in [-0.25, -0.2) is 0 Å². The number of aromatic nitrogens is 1. The molecular weight excluding hydrogens is 556 g/mol. The van der Waals surface area contributed by atoms with Crippen LogP contribution >= 0.6 is 11.6 Å². The van der Waals surface area contributed by atoms with Gasteiger partial charge in [-0.05, 0) is 47.9 Å². The van der Waals surface area contributed by atoms with Gasteiger partial charge in [0.2, 0.25) is 0 Å².